The average Bonchev–Trinajstić information content (AvgIpc) is 2.88. The number of β-lactam (4-membered cyclic amide) rings is 1. The van der Waals surface area contributed by atoms with E-state index in [0.29, 0.717) is 25.8 Å². The smallest absolute Gasteiger partial charge is 0.333 e. The van der Waals surface area contributed by atoms with E-state index in [1.807, 2.05) is 44.2 Å². The third kappa shape index (κ3) is 5.27. The summed E-state index contributed by atoms with van der Waals surface area (Å²) in [6.45, 7) is 4.51. The molecule has 1 saturated heterocycles. The summed E-state index contributed by atoms with van der Waals surface area (Å²) >= 11 is 0. The first-order valence-electron chi connectivity index (χ1n) is 12.5. The van der Waals surface area contributed by atoms with Crippen molar-refractivity contribution < 1.29 is 23.9 Å². The van der Waals surface area contributed by atoms with Crippen LogP contribution in [0.15, 0.2) is 54.6 Å². The molecule has 3 unspecified atom stereocenters. The summed E-state index contributed by atoms with van der Waals surface area (Å²) in [5.74, 6) is -2.35. The normalized spacial score (nSPS) is 24.4. The minimum atomic E-state index is -1.56. The van der Waals surface area contributed by atoms with Crippen LogP contribution in [0.2, 0.25) is 0 Å². The molecule has 1 fully saturated rings. The number of fused-ring (bicyclic) bond motifs is 1. The molecule has 0 aliphatic carbocycles. The van der Waals surface area contributed by atoms with Gasteiger partial charge in [-0.2, -0.15) is 0 Å². The van der Waals surface area contributed by atoms with Crippen LogP contribution in [0.1, 0.15) is 65.8 Å². The van der Waals surface area contributed by atoms with Crippen molar-refractivity contribution in [3.05, 3.63) is 71.3 Å². The number of benzene rings is 2. The van der Waals surface area contributed by atoms with E-state index in [4.69, 9.17) is 4.74 Å². The molecule has 3 amide bonds. The largest absolute Gasteiger partial charge is 0.459 e. The van der Waals surface area contributed by atoms with Crippen molar-refractivity contribution >= 4 is 23.7 Å². The van der Waals surface area contributed by atoms with Crippen molar-refractivity contribution in [3.8, 4) is 0 Å². The number of nitrogens with one attached hydrogen (secondary N) is 3. The van der Waals surface area contributed by atoms with E-state index in [1.54, 1.807) is 24.3 Å². The van der Waals surface area contributed by atoms with Crippen LogP contribution in [0.5, 0.6) is 0 Å². The number of hydrogen-bond acceptors (Lipinski definition) is 5. The molecule has 0 radical (unpaired) electrons. The van der Waals surface area contributed by atoms with Crippen LogP contribution in [-0.4, -0.2) is 41.8 Å². The Morgan fingerprint density at radius 2 is 1.64 bits per heavy atom. The van der Waals surface area contributed by atoms with E-state index >= 15 is 0 Å². The van der Waals surface area contributed by atoms with E-state index < -0.39 is 23.3 Å². The Bertz CT molecular complexity index is 1130. The Kier molecular flexibility index (Phi) is 7.72. The Hall–Kier alpha value is -3.68. The van der Waals surface area contributed by atoms with Crippen molar-refractivity contribution in [2.75, 3.05) is 6.54 Å². The molecule has 3 atom stereocenters. The topological polar surface area (TPSA) is 114 Å². The molecule has 36 heavy (non-hydrogen) atoms. The highest BCUT2D eigenvalue weighted by molar-refractivity contribution is 6.09. The second-order valence-corrected chi connectivity index (χ2v) is 9.97. The maximum absolute atomic E-state index is 13.9. The fourth-order valence-electron chi connectivity index (χ4n) is 5.12. The van der Waals surface area contributed by atoms with Crippen LogP contribution in [0, 0.1) is 11.8 Å². The van der Waals surface area contributed by atoms with Gasteiger partial charge in [-0.1, -0.05) is 56.3 Å². The quantitative estimate of drug-likeness (QED) is 0.425. The third-order valence-corrected chi connectivity index (χ3v) is 6.88. The van der Waals surface area contributed by atoms with Gasteiger partial charge in [0.25, 0.3) is 11.8 Å². The van der Waals surface area contributed by atoms with Gasteiger partial charge in [0.2, 0.25) is 5.91 Å². The maximum Gasteiger partial charge on any atom is 0.333 e. The highest BCUT2D eigenvalue weighted by Gasteiger charge is 2.59. The molecule has 0 saturated carbocycles. The van der Waals surface area contributed by atoms with Gasteiger partial charge in [-0.05, 0) is 49.3 Å². The molecular weight excluding hydrogens is 458 g/mol. The molecule has 2 aliphatic heterocycles. The molecule has 8 heteroatoms. The van der Waals surface area contributed by atoms with E-state index in [-0.39, 0.29) is 47.9 Å². The monoisotopic (exact) mass is 491 g/mol. The zero-order valence-corrected chi connectivity index (χ0v) is 20.7. The number of esters is 1. The SMILES string of the molecule is CC(C)CC1NC(=O)C1C1(C(=O)OCc2ccccc2)CCCCNC(=O)c2ccccc2C(=O)N1. The minimum absolute atomic E-state index is 0.0249. The lowest BCUT2D eigenvalue weighted by atomic mass is 9.68. The number of rotatable bonds is 6. The van der Waals surface area contributed by atoms with Gasteiger partial charge >= 0.3 is 5.97 Å². The summed E-state index contributed by atoms with van der Waals surface area (Å²) in [7, 11) is 0. The van der Waals surface area contributed by atoms with Crippen LogP contribution >= 0.6 is 0 Å². The molecule has 2 aromatic rings. The first kappa shape index (κ1) is 25.4. The predicted octanol–water partition coefficient (Wildman–Crippen LogP) is 2.97. The second-order valence-electron chi connectivity index (χ2n) is 9.97. The zero-order chi connectivity index (χ0) is 25.7. The van der Waals surface area contributed by atoms with Crippen molar-refractivity contribution in [1.29, 1.82) is 0 Å². The van der Waals surface area contributed by atoms with Crippen molar-refractivity contribution in [3.63, 3.8) is 0 Å². The van der Waals surface area contributed by atoms with Crippen molar-refractivity contribution in [1.82, 2.24) is 16.0 Å². The predicted molar refractivity (Wildman–Crippen MR) is 134 cm³/mol. The van der Waals surface area contributed by atoms with Gasteiger partial charge in [0.1, 0.15) is 6.61 Å². The Balaban J connectivity index is 1.74. The highest BCUT2D eigenvalue weighted by Crippen LogP contribution is 2.37. The highest BCUT2D eigenvalue weighted by atomic mass is 16.5. The molecule has 2 aliphatic rings. The number of carbonyl (C=O) groups excluding carboxylic acids is 4. The van der Waals surface area contributed by atoms with Gasteiger partial charge in [0.05, 0.1) is 17.0 Å². The Morgan fingerprint density at radius 1 is 0.972 bits per heavy atom. The number of carbonyl (C=O) groups is 4. The molecule has 190 valence electrons. The molecule has 2 aromatic carbocycles. The van der Waals surface area contributed by atoms with Crippen LogP contribution in [0.25, 0.3) is 0 Å². The molecule has 0 bridgehead atoms. The third-order valence-electron chi connectivity index (χ3n) is 6.88. The van der Waals surface area contributed by atoms with Gasteiger partial charge in [0.15, 0.2) is 5.54 Å². The van der Waals surface area contributed by atoms with Crippen LogP contribution < -0.4 is 16.0 Å². The molecular formula is C28H33N3O5. The van der Waals surface area contributed by atoms with Crippen molar-refractivity contribution in [2.45, 2.75) is 57.7 Å². The van der Waals surface area contributed by atoms with E-state index in [0.717, 1.165) is 5.56 Å². The summed E-state index contributed by atoms with van der Waals surface area (Å²) in [4.78, 5) is 53.2. The number of amides is 3. The van der Waals surface area contributed by atoms with Gasteiger partial charge in [-0.15, -0.1) is 0 Å². The Morgan fingerprint density at radius 3 is 2.31 bits per heavy atom. The lowest BCUT2D eigenvalue weighted by Crippen LogP contribution is -2.74. The van der Waals surface area contributed by atoms with Crippen LogP contribution in [-0.2, 0) is 20.9 Å². The Labute approximate surface area is 211 Å². The molecule has 4 rings (SSSR count). The molecule has 0 spiro atoms. The summed E-state index contributed by atoms with van der Waals surface area (Å²) in [5.41, 5.74) is -0.382. The van der Waals surface area contributed by atoms with E-state index in [1.165, 1.54) is 0 Å². The standard InChI is InChI=1S/C28H33N3O5/c1-18(2)16-22-23(26(34)30-22)28(27(35)36-17-19-10-4-3-5-11-19)14-8-9-15-29-24(32)20-12-6-7-13-21(20)25(33)31-28/h3-7,10-13,18,22-23H,8-9,14-17H2,1-2H3,(H,29,32)(H,30,34)(H,31,33). The van der Waals surface area contributed by atoms with Gasteiger partial charge < -0.3 is 20.7 Å². The fraction of sp³-hybridized carbons (Fsp3) is 0.429. The summed E-state index contributed by atoms with van der Waals surface area (Å²) in [6, 6.07) is 15.5. The molecule has 3 N–H and O–H groups in total. The summed E-state index contributed by atoms with van der Waals surface area (Å²) < 4.78 is 5.77. The minimum Gasteiger partial charge on any atom is -0.459 e. The molecule has 2 heterocycles. The second kappa shape index (κ2) is 10.9. The lowest BCUT2D eigenvalue weighted by molar-refractivity contribution is -0.164. The molecule has 0 aromatic heterocycles. The first-order valence-corrected chi connectivity index (χ1v) is 12.5. The fourth-order valence-corrected chi connectivity index (χ4v) is 5.12. The molecule has 8 nitrogen and oxygen atoms in total. The van der Waals surface area contributed by atoms with Crippen LogP contribution in [0.4, 0.5) is 0 Å². The van der Waals surface area contributed by atoms with Crippen molar-refractivity contribution in [2.24, 2.45) is 11.8 Å². The van der Waals surface area contributed by atoms with Gasteiger partial charge in [0, 0.05) is 12.6 Å². The first-order chi connectivity index (χ1) is 17.3. The van der Waals surface area contributed by atoms with Crippen LogP contribution in [0.3, 0.4) is 0 Å². The average molecular weight is 492 g/mol. The maximum atomic E-state index is 13.9. The zero-order valence-electron chi connectivity index (χ0n) is 20.7. The van der Waals surface area contributed by atoms with E-state index in [9.17, 15) is 19.2 Å². The summed E-state index contributed by atoms with van der Waals surface area (Å²) in [5, 5.41) is 8.70. The van der Waals surface area contributed by atoms with E-state index in [2.05, 4.69) is 16.0 Å². The number of ether oxygens (including phenoxy) is 1. The number of hydrogen-bond donors (Lipinski definition) is 3. The van der Waals surface area contributed by atoms with Gasteiger partial charge in [-0.3, -0.25) is 14.4 Å². The van der Waals surface area contributed by atoms with Gasteiger partial charge in [-0.25, -0.2) is 4.79 Å². The summed E-state index contributed by atoms with van der Waals surface area (Å²) in [6.07, 6.45) is 1.98. The lowest BCUT2D eigenvalue weighted by Gasteiger charge is -2.48.